The van der Waals surface area contributed by atoms with Crippen LogP contribution in [0.2, 0.25) is 0 Å². The average molecular weight is 507 g/mol. The maximum atomic E-state index is 12.0. The zero-order valence-electron chi connectivity index (χ0n) is 21.2. The minimum absolute atomic E-state index is 0.0352. The van der Waals surface area contributed by atoms with Gasteiger partial charge in [-0.3, -0.25) is 9.89 Å². The van der Waals surface area contributed by atoms with Crippen LogP contribution in [-0.2, 0) is 9.53 Å². The highest BCUT2D eigenvalue weighted by atomic mass is 16.5. The summed E-state index contributed by atoms with van der Waals surface area (Å²) in [6.45, 7) is 4.36. The molecule has 2 aromatic carbocycles. The molecule has 11 nitrogen and oxygen atoms in total. The summed E-state index contributed by atoms with van der Waals surface area (Å²) in [7, 11) is 3.12. The first kappa shape index (κ1) is 25.7. The number of rotatable bonds is 12. The van der Waals surface area contributed by atoms with E-state index in [1.807, 2.05) is 44.2 Å². The number of carbonyl (C=O) groups is 1. The summed E-state index contributed by atoms with van der Waals surface area (Å²) >= 11 is 0. The fourth-order valence-corrected chi connectivity index (χ4v) is 3.53. The van der Waals surface area contributed by atoms with Crippen LogP contribution in [0, 0.1) is 0 Å². The van der Waals surface area contributed by atoms with Crippen molar-refractivity contribution in [1.29, 1.82) is 0 Å². The lowest BCUT2D eigenvalue weighted by molar-refractivity contribution is -0.123. The number of aromatic amines is 1. The van der Waals surface area contributed by atoms with Crippen molar-refractivity contribution < 1.29 is 23.7 Å². The largest absolute Gasteiger partial charge is 0.484 e. The molecule has 0 fully saturated rings. The van der Waals surface area contributed by atoms with Crippen molar-refractivity contribution in [2.45, 2.75) is 19.9 Å². The van der Waals surface area contributed by atoms with Gasteiger partial charge in [0.1, 0.15) is 12.4 Å². The molecule has 3 N–H and O–H groups in total. The third-order valence-corrected chi connectivity index (χ3v) is 5.18. The lowest BCUT2D eigenvalue weighted by atomic mass is 10.2. The van der Waals surface area contributed by atoms with Crippen molar-refractivity contribution in [3.05, 3.63) is 48.7 Å². The topological polar surface area (TPSA) is 133 Å². The highest BCUT2D eigenvalue weighted by Gasteiger charge is 2.19. The standard InChI is InChI=1S/C26H30N6O5/c1-16(2)28-22(33)15-37-20-7-5-6-17(13-20)24-30-25(23(26(31-24)35-4)36-11-10-34-3)29-19-8-9-21-18(12-19)14-27-32-21/h5-9,12-14,16H,10-11,15H2,1-4H3,(H,27,32)(H,28,33)(H,29,30,31). The van der Waals surface area contributed by atoms with Crippen molar-refractivity contribution in [2.24, 2.45) is 0 Å². The summed E-state index contributed by atoms with van der Waals surface area (Å²) in [5.41, 5.74) is 2.38. The number of nitrogens with zero attached hydrogens (tertiary/aromatic N) is 3. The summed E-state index contributed by atoms with van der Waals surface area (Å²) in [4.78, 5) is 21.3. The number of aromatic nitrogens is 4. The minimum atomic E-state index is -0.197. The van der Waals surface area contributed by atoms with Gasteiger partial charge in [0.2, 0.25) is 5.75 Å². The zero-order valence-corrected chi connectivity index (χ0v) is 21.2. The predicted octanol–water partition coefficient (Wildman–Crippen LogP) is 3.70. The zero-order chi connectivity index (χ0) is 26.2. The van der Waals surface area contributed by atoms with E-state index in [0.29, 0.717) is 35.3 Å². The summed E-state index contributed by atoms with van der Waals surface area (Å²) in [6, 6.07) is 13.0. The number of carbonyl (C=O) groups excluding carboxylic acids is 1. The van der Waals surface area contributed by atoms with E-state index >= 15 is 0 Å². The van der Waals surface area contributed by atoms with Crippen molar-refractivity contribution >= 4 is 28.3 Å². The van der Waals surface area contributed by atoms with Gasteiger partial charge in [-0.1, -0.05) is 12.1 Å². The lowest BCUT2D eigenvalue weighted by Gasteiger charge is -2.16. The van der Waals surface area contributed by atoms with E-state index < -0.39 is 0 Å². The first-order valence-corrected chi connectivity index (χ1v) is 11.8. The Labute approximate surface area is 214 Å². The predicted molar refractivity (Wildman–Crippen MR) is 140 cm³/mol. The van der Waals surface area contributed by atoms with Crippen molar-refractivity contribution in [1.82, 2.24) is 25.5 Å². The Balaban J connectivity index is 1.66. The Bertz CT molecular complexity index is 1360. The van der Waals surface area contributed by atoms with Gasteiger partial charge in [0.05, 0.1) is 25.4 Å². The fraction of sp³-hybridized carbons (Fsp3) is 0.308. The number of methoxy groups -OCH3 is 2. The molecular formula is C26H30N6O5. The molecule has 2 aromatic heterocycles. The van der Waals surface area contributed by atoms with Gasteiger partial charge >= 0.3 is 0 Å². The average Bonchev–Trinajstić information content (AvgIpc) is 3.36. The van der Waals surface area contributed by atoms with E-state index in [-0.39, 0.29) is 31.0 Å². The second-order valence-electron chi connectivity index (χ2n) is 8.41. The van der Waals surface area contributed by atoms with Crippen LogP contribution in [0.5, 0.6) is 17.4 Å². The van der Waals surface area contributed by atoms with Crippen LogP contribution in [0.25, 0.3) is 22.3 Å². The third kappa shape index (κ3) is 6.64. The summed E-state index contributed by atoms with van der Waals surface area (Å²) in [5.74, 6) is 1.74. The molecule has 4 rings (SSSR count). The smallest absolute Gasteiger partial charge is 0.262 e. The number of anilines is 2. The van der Waals surface area contributed by atoms with Crippen molar-refractivity contribution in [3.63, 3.8) is 0 Å². The van der Waals surface area contributed by atoms with E-state index in [2.05, 4.69) is 25.8 Å². The fourth-order valence-electron chi connectivity index (χ4n) is 3.53. The Morgan fingerprint density at radius 1 is 1.05 bits per heavy atom. The van der Waals surface area contributed by atoms with Crippen LogP contribution in [0.1, 0.15) is 13.8 Å². The van der Waals surface area contributed by atoms with Gasteiger partial charge in [-0.15, -0.1) is 0 Å². The second-order valence-corrected chi connectivity index (χ2v) is 8.41. The van der Waals surface area contributed by atoms with Crippen LogP contribution in [0.3, 0.4) is 0 Å². The molecule has 11 heteroatoms. The monoisotopic (exact) mass is 506 g/mol. The van der Waals surface area contributed by atoms with Crippen LogP contribution in [0.4, 0.5) is 11.5 Å². The number of nitrogens with one attached hydrogen (secondary N) is 3. The molecule has 0 saturated heterocycles. The van der Waals surface area contributed by atoms with E-state index in [4.69, 9.17) is 23.9 Å². The van der Waals surface area contributed by atoms with E-state index in [9.17, 15) is 4.79 Å². The molecule has 0 aliphatic rings. The normalized spacial score (nSPS) is 10.9. The van der Waals surface area contributed by atoms with Gasteiger partial charge in [0.15, 0.2) is 18.2 Å². The van der Waals surface area contributed by atoms with Gasteiger partial charge in [0, 0.05) is 29.8 Å². The number of ether oxygens (including phenoxy) is 4. The summed E-state index contributed by atoms with van der Waals surface area (Å²) < 4.78 is 22.3. The highest BCUT2D eigenvalue weighted by Crippen LogP contribution is 2.37. The number of benzene rings is 2. The van der Waals surface area contributed by atoms with Crippen LogP contribution < -0.4 is 24.8 Å². The molecule has 0 aliphatic heterocycles. The van der Waals surface area contributed by atoms with Crippen molar-refractivity contribution in [2.75, 3.05) is 39.4 Å². The molecule has 0 aliphatic carbocycles. The molecule has 0 radical (unpaired) electrons. The Morgan fingerprint density at radius 2 is 1.92 bits per heavy atom. The number of hydrogen-bond donors (Lipinski definition) is 3. The molecule has 194 valence electrons. The molecule has 2 heterocycles. The molecular weight excluding hydrogens is 476 g/mol. The number of amides is 1. The summed E-state index contributed by atoms with van der Waals surface area (Å²) in [6.07, 6.45) is 1.75. The second kappa shape index (κ2) is 12.0. The van der Waals surface area contributed by atoms with Gasteiger partial charge in [-0.05, 0) is 44.2 Å². The van der Waals surface area contributed by atoms with E-state index in [1.54, 1.807) is 25.4 Å². The molecule has 0 saturated carbocycles. The number of fused-ring (bicyclic) bond motifs is 1. The van der Waals surface area contributed by atoms with E-state index in [0.717, 1.165) is 16.6 Å². The molecule has 0 atom stereocenters. The first-order chi connectivity index (χ1) is 18.0. The highest BCUT2D eigenvalue weighted by molar-refractivity contribution is 5.83. The van der Waals surface area contributed by atoms with Gasteiger partial charge in [0.25, 0.3) is 11.8 Å². The molecule has 0 spiro atoms. The molecule has 4 aromatic rings. The third-order valence-electron chi connectivity index (χ3n) is 5.18. The van der Waals surface area contributed by atoms with Crippen LogP contribution in [-0.4, -0.2) is 66.2 Å². The van der Waals surface area contributed by atoms with Gasteiger partial charge in [-0.25, -0.2) is 4.98 Å². The van der Waals surface area contributed by atoms with Gasteiger partial charge in [-0.2, -0.15) is 10.1 Å². The number of hydrogen-bond acceptors (Lipinski definition) is 9. The lowest BCUT2D eigenvalue weighted by Crippen LogP contribution is -2.34. The maximum absolute atomic E-state index is 12.0. The number of H-pyrrole nitrogens is 1. The minimum Gasteiger partial charge on any atom is -0.484 e. The van der Waals surface area contributed by atoms with Gasteiger partial charge < -0.3 is 29.6 Å². The quantitative estimate of drug-likeness (QED) is 0.246. The summed E-state index contributed by atoms with van der Waals surface area (Å²) in [5, 5.41) is 14.1. The van der Waals surface area contributed by atoms with E-state index in [1.165, 1.54) is 7.11 Å². The van der Waals surface area contributed by atoms with Crippen LogP contribution in [0.15, 0.2) is 48.7 Å². The molecule has 37 heavy (non-hydrogen) atoms. The molecule has 0 unspecified atom stereocenters. The maximum Gasteiger partial charge on any atom is 0.262 e. The SMILES string of the molecule is COCCOc1c(Nc2ccc3[nH]ncc3c2)nc(-c2cccc(OCC(=O)NC(C)C)c2)nc1OC. The van der Waals surface area contributed by atoms with Crippen molar-refractivity contribution in [3.8, 4) is 28.8 Å². The Kier molecular flexibility index (Phi) is 8.37. The molecule has 0 bridgehead atoms. The Morgan fingerprint density at radius 3 is 2.70 bits per heavy atom. The first-order valence-electron chi connectivity index (χ1n) is 11.8. The molecule has 1 amide bonds. The Hall–Kier alpha value is -4.38. The van der Waals surface area contributed by atoms with Crippen LogP contribution >= 0.6 is 0 Å².